The molecule has 0 aromatic carbocycles. The van der Waals surface area contributed by atoms with Crippen LogP contribution in [-0.2, 0) is 0 Å². The Hall–Kier alpha value is -2.43. The second kappa shape index (κ2) is 5.95. The third-order valence-corrected chi connectivity index (χ3v) is 2.83. The summed E-state index contributed by atoms with van der Waals surface area (Å²) in [5.41, 5.74) is 0.234. The van der Waals surface area contributed by atoms with Crippen molar-refractivity contribution < 1.29 is 15.0 Å². The van der Waals surface area contributed by atoms with Crippen LogP contribution >= 0.6 is 11.3 Å². The molecule has 0 fully saturated rings. The number of amides is 1. The van der Waals surface area contributed by atoms with Crippen LogP contribution in [0.2, 0.25) is 0 Å². The molecule has 96 valence electrons. The molecule has 3 N–H and O–H groups in total. The van der Waals surface area contributed by atoms with E-state index in [9.17, 15) is 9.90 Å². The number of carbonyl (C=O) groups excluding carboxylic acids is 1. The van der Waals surface area contributed by atoms with Crippen LogP contribution in [0.25, 0.3) is 0 Å². The number of aliphatic hydroxyl groups excluding tert-OH is 1. The molecule has 0 saturated heterocycles. The zero-order chi connectivity index (χ0) is 13.7. The zero-order valence-electron chi connectivity index (χ0n) is 9.62. The summed E-state index contributed by atoms with van der Waals surface area (Å²) >= 11 is 1.19. The second-order valence-corrected chi connectivity index (χ2v) is 4.41. The number of carbonyl (C=O) groups is 1. The molecule has 0 unspecified atom stereocenters. The van der Waals surface area contributed by atoms with E-state index in [-0.39, 0.29) is 17.9 Å². The first kappa shape index (κ1) is 13.0. The molecule has 0 bridgehead atoms. The van der Waals surface area contributed by atoms with Crippen LogP contribution in [0.1, 0.15) is 15.2 Å². The van der Waals surface area contributed by atoms with Crippen molar-refractivity contribution in [2.45, 2.75) is 0 Å². The Morgan fingerprint density at radius 3 is 3.00 bits per heavy atom. The van der Waals surface area contributed by atoms with E-state index in [4.69, 9.17) is 5.11 Å². The number of pyridine rings is 1. The van der Waals surface area contributed by atoms with Gasteiger partial charge in [-0.2, -0.15) is 0 Å². The molecule has 0 saturated carbocycles. The number of nitrogens with zero attached hydrogens (tertiary/aromatic N) is 2. The number of aromatic nitrogens is 2. The number of anilines is 1. The fourth-order valence-corrected chi connectivity index (χ4v) is 1.92. The SMILES string of the molecule is O=C(Nc1ncc(C#CCO)s1)c1cncc(O)c1. The standard InChI is InChI=1S/C12H9N3O3S/c16-3-1-2-10-7-14-12(19-10)15-11(18)8-4-9(17)6-13-5-8/h4-7,16-17H,3H2,(H,14,15,18). The van der Waals surface area contributed by atoms with Gasteiger partial charge in [0.2, 0.25) is 0 Å². The van der Waals surface area contributed by atoms with E-state index in [1.807, 2.05) is 0 Å². The van der Waals surface area contributed by atoms with Gasteiger partial charge in [-0.3, -0.25) is 15.1 Å². The molecule has 2 rings (SSSR count). The quantitative estimate of drug-likeness (QED) is 0.706. The average molecular weight is 275 g/mol. The highest BCUT2D eigenvalue weighted by Gasteiger charge is 2.09. The summed E-state index contributed by atoms with van der Waals surface area (Å²) in [7, 11) is 0. The topological polar surface area (TPSA) is 95.3 Å². The highest BCUT2D eigenvalue weighted by molar-refractivity contribution is 7.16. The minimum Gasteiger partial charge on any atom is -0.506 e. The average Bonchev–Trinajstić information content (AvgIpc) is 2.84. The van der Waals surface area contributed by atoms with E-state index in [0.717, 1.165) is 0 Å². The number of nitrogens with one attached hydrogen (secondary N) is 1. The summed E-state index contributed by atoms with van der Waals surface area (Å²) in [6.45, 7) is -0.228. The smallest absolute Gasteiger partial charge is 0.259 e. The highest BCUT2D eigenvalue weighted by Crippen LogP contribution is 2.18. The number of hydrogen-bond acceptors (Lipinski definition) is 6. The highest BCUT2D eigenvalue weighted by atomic mass is 32.1. The monoisotopic (exact) mass is 275 g/mol. The maximum Gasteiger partial charge on any atom is 0.259 e. The minimum absolute atomic E-state index is 0.0821. The van der Waals surface area contributed by atoms with Gasteiger partial charge in [-0.25, -0.2) is 4.98 Å². The molecule has 6 nitrogen and oxygen atoms in total. The fraction of sp³-hybridized carbons (Fsp3) is 0.0833. The van der Waals surface area contributed by atoms with E-state index in [1.54, 1.807) is 0 Å². The van der Waals surface area contributed by atoms with Crippen LogP contribution in [0, 0.1) is 11.8 Å². The van der Waals surface area contributed by atoms with Crippen LogP contribution < -0.4 is 5.32 Å². The van der Waals surface area contributed by atoms with Gasteiger partial charge in [-0.1, -0.05) is 23.2 Å². The predicted molar refractivity (Wildman–Crippen MR) is 69.9 cm³/mol. The number of thiazole rings is 1. The van der Waals surface area contributed by atoms with Crippen LogP contribution in [0.4, 0.5) is 5.13 Å². The van der Waals surface area contributed by atoms with Crippen molar-refractivity contribution in [2.24, 2.45) is 0 Å². The van der Waals surface area contributed by atoms with Crippen LogP contribution in [0.3, 0.4) is 0 Å². The Kier molecular flexibility index (Phi) is 4.07. The third kappa shape index (κ3) is 3.51. The Bertz CT molecular complexity index is 657. The van der Waals surface area contributed by atoms with Crippen molar-refractivity contribution in [1.82, 2.24) is 9.97 Å². The van der Waals surface area contributed by atoms with Gasteiger partial charge in [0, 0.05) is 6.20 Å². The van der Waals surface area contributed by atoms with Gasteiger partial charge in [0.25, 0.3) is 5.91 Å². The lowest BCUT2D eigenvalue weighted by atomic mass is 10.2. The lowest BCUT2D eigenvalue weighted by molar-refractivity contribution is 0.102. The lowest BCUT2D eigenvalue weighted by Crippen LogP contribution is -2.11. The molecule has 7 heteroatoms. The van der Waals surface area contributed by atoms with Crippen molar-refractivity contribution in [3.8, 4) is 17.6 Å². The normalized spacial score (nSPS) is 9.53. The molecule has 2 heterocycles. The molecule has 1 amide bonds. The van der Waals surface area contributed by atoms with Gasteiger partial charge < -0.3 is 10.2 Å². The van der Waals surface area contributed by atoms with Crippen molar-refractivity contribution >= 4 is 22.4 Å². The van der Waals surface area contributed by atoms with Crippen molar-refractivity contribution in [3.63, 3.8) is 0 Å². The van der Waals surface area contributed by atoms with E-state index < -0.39 is 5.91 Å². The summed E-state index contributed by atoms with van der Waals surface area (Å²) in [5, 5.41) is 20.8. The molecular weight excluding hydrogens is 266 g/mol. The van der Waals surface area contributed by atoms with Gasteiger partial charge in [-0.05, 0) is 6.07 Å². The van der Waals surface area contributed by atoms with E-state index in [1.165, 1.54) is 36.0 Å². The van der Waals surface area contributed by atoms with E-state index in [2.05, 4.69) is 27.1 Å². The van der Waals surface area contributed by atoms with Gasteiger partial charge in [0.05, 0.1) is 22.8 Å². The zero-order valence-corrected chi connectivity index (χ0v) is 10.4. The van der Waals surface area contributed by atoms with Gasteiger partial charge in [-0.15, -0.1) is 0 Å². The molecule has 0 spiro atoms. The predicted octanol–water partition coefficient (Wildman–Crippen LogP) is 0.840. The molecule has 0 aliphatic heterocycles. The van der Waals surface area contributed by atoms with Crippen molar-refractivity contribution in [3.05, 3.63) is 35.1 Å². The summed E-state index contributed by atoms with van der Waals surface area (Å²) in [5.74, 6) is 4.68. The molecule has 2 aromatic rings. The van der Waals surface area contributed by atoms with Crippen LogP contribution in [0.15, 0.2) is 24.7 Å². The number of aromatic hydroxyl groups is 1. The van der Waals surface area contributed by atoms with Gasteiger partial charge in [0.1, 0.15) is 12.4 Å². The first-order valence-corrected chi connectivity index (χ1v) is 6.01. The number of aliphatic hydroxyl groups is 1. The Balaban J connectivity index is 2.09. The van der Waals surface area contributed by atoms with E-state index in [0.29, 0.717) is 10.0 Å². The Morgan fingerprint density at radius 1 is 1.42 bits per heavy atom. The van der Waals surface area contributed by atoms with Crippen LogP contribution in [0.5, 0.6) is 5.75 Å². The molecule has 0 aliphatic carbocycles. The fourth-order valence-electron chi connectivity index (χ4n) is 1.24. The largest absolute Gasteiger partial charge is 0.506 e. The molecule has 0 atom stereocenters. The van der Waals surface area contributed by atoms with Gasteiger partial charge >= 0.3 is 0 Å². The number of hydrogen-bond donors (Lipinski definition) is 3. The van der Waals surface area contributed by atoms with E-state index >= 15 is 0 Å². The maximum atomic E-state index is 11.8. The van der Waals surface area contributed by atoms with Gasteiger partial charge in [0.15, 0.2) is 5.13 Å². The summed E-state index contributed by atoms with van der Waals surface area (Å²) < 4.78 is 0. The Labute approximate surface area is 112 Å². The third-order valence-electron chi connectivity index (χ3n) is 2.00. The molecular formula is C12H9N3O3S. The van der Waals surface area contributed by atoms with Crippen molar-refractivity contribution in [1.29, 1.82) is 0 Å². The summed E-state index contributed by atoms with van der Waals surface area (Å²) in [4.78, 5) is 20.1. The molecule has 19 heavy (non-hydrogen) atoms. The van der Waals surface area contributed by atoms with Crippen molar-refractivity contribution in [2.75, 3.05) is 11.9 Å². The minimum atomic E-state index is -0.417. The second-order valence-electron chi connectivity index (χ2n) is 3.38. The maximum absolute atomic E-state index is 11.8. The molecule has 0 radical (unpaired) electrons. The number of rotatable bonds is 2. The first-order chi connectivity index (χ1) is 9.19. The molecule has 0 aliphatic rings. The van der Waals surface area contributed by atoms with Crippen LogP contribution in [-0.4, -0.2) is 32.7 Å². The molecule has 2 aromatic heterocycles. The summed E-state index contributed by atoms with van der Waals surface area (Å²) in [6.07, 6.45) is 4.08. The first-order valence-electron chi connectivity index (χ1n) is 5.20. The lowest BCUT2D eigenvalue weighted by Gasteiger charge is -2.00. The Morgan fingerprint density at radius 2 is 2.26 bits per heavy atom. The summed E-state index contributed by atoms with van der Waals surface area (Å²) in [6, 6.07) is 1.31.